The van der Waals surface area contributed by atoms with Crippen molar-refractivity contribution in [3.8, 4) is 5.75 Å². The first-order valence-electron chi connectivity index (χ1n) is 12.9. The number of amides is 2. The number of nitrogens with zero attached hydrogens (tertiary/aromatic N) is 2. The van der Waals surface area contributed by atoms with E-state index < -0.39 is 0 Å². The highest BCUT2D eigenvalue weighted by atomic mass is 16.5. The van der Waals surface area contributed by atoms with Crippen LogP contribution < -0.4 is 20.9 Å². The van der Waals surface area contributed by atoms with Crippen LogP contribution >= 0.6 is 0 Å². The van der Waals surface area contributed by atoms with Gasteiger partial charge in [0, 0.05) is 22.4 Å². The van der Waals surface area contributed by atoms with Gasteiger partial charge in [-0.1, -0.05) is 24.3 Å². The molecule has 3 aliphatic rings. The molecule has 0 bridgehead atoms. The highest BCUT2D eigenvalue weighted by molar-refractivity contribution is 5.80. The summed E-state index contributed by atoms with van der Waals surface area (Å²) in [5, 5.41) is 23.4. The maximum absolute atomic E-state index is 12.4. The number of hydrogen-bond donors (Lipinski definition) is 4. The molecule has 2 amide bonds. The van der Waals surface area contributed by atoms with E-state index in [-0.39, 0.29) is 40.0 Å². The number of likely N-dealkylation sites (tertiary alicyclic amines) is 1. The van der Waals surface area contributed by atoms with E-state index in [1.165, 1.54) is 6.42 Å². The highest BCUT2D eigenvalue weighted by Gasteiger charge is 2.31. The van der Waals surface area contributed by atoms with Crippen LogP contribution in [-0.2, 0) is 0 Å². The molecule has 0 spiro atoms. The summed E-state index contributed by atoms with van der Waals surface area (Å²) >= 11 is 0. The lowest BCUT2D eigenvalue weighted by Gasteiger charge is -2.41. The van der Waals surface area contributed by atoms with Crippen LogP contribution in [0.25, 0.3) is 0 Å². The summed E-state index contributed by atoms with van der Waals surface area (Å²) in [4.78, 5) is 14.5. The Hall–Kier alpha value is -3.29. The van der Waals surface area contributed by atoms with E-state index in [4.69, 9.17) is 15.6 Å². The fourth-order valence-electron chi connectivity index (χ4n) is 5.49. The topological polar surface area (TPSA) is 106 Å². The molecular weight excluding hydrogens is 440 g/mol. The number of nitrogens with one attached hydrogen (secondary N) is 4. The number of urea groups is 1. The van der Waals surface area contributed by atoms with Gasteiger partial charge in [-0.25, -0.2) is 4.79 Å². The third-order valence-corrected chi connectivity index (χ3v) is 7.52. The highest BCUT2D eigenvalue weighted by Crippen LogP contribution is 2.38. The third kappa shape index (κ3) is 5.06. The second-order valence-electron chi connectivity index (χ2n) is 10.2. The van der Waals surface area contributed by atoms with Crippen LogP contribution in [0.4, 0.5) is 4.79 Å². The first-order chi connectivity index (χ1) is 16.9. The Morgan fingerprint density at radius 1 is 0.971 bits per heavy atom. The van der Waals surface area contributed by atoms with Crippen molar-refractivity contribution < 1.29 is 13.8 Å². The standard InChI is InChI=1S/C27H36N6O2.3H2/c1-17-6-5-7-18(2)33(17)26(29)32-16-20(12-15-25(32)28)35-24-14-13-23(21-8-3-4-9-22(21)24)31-27(34)30-19-10-11-19;;;/h3-4,8-9,12,15-19,23-24,28-29H,5-7,10-11,13-14H2,1-2H3,(H2,30,31,34);3*1H/t17-,18+,23-,24+;;;/m0.../s1. The number of rotatable bonds is 4. The van der Waals surface area contributed by atoms with Gasteiger partial charge in [0.1, 0.15) is 17.3 Å². The molecule has 2 aliphatic carbocycles. The Morgan fingerprint density at radius 3 is 2.40 bits per heavy atom. The summed E-state index contributed by atoms with van der Waals surface area (Å²) < 4.78 is 8.07. The summed E-state index contributed by atoms with van der Waals surface area (Å²) in [6.45, 7) is 4.31. The predicted molar refractivity (Wildman–Crippen MR) is 141 cm³/mol. The van der Waals surface area contributed by atoms with Crippen molar-refractivity contribution >= 4 is 12.0 Å². The molecule has 8 heteroatoms. The van der Waals surface area contributed by atoms with Gasteiger partial charge in [0.25, 0.3) is 0 Å². The first-order valence-corrected chi connectivity index (χ1v) is 12.9. The Labute approximate surface area is 211 Å². The van der Waals surface area contributed by atoms with Crippen molar-refractivity contribution in [2.45, 2.75) is 89.1 Å². The van der Waals surface area contributed by atoms with Crippen LogP contribution in [0, 0.1) is 10.8 Å². The molecule has 5 rings (SSSR count). The molecule has 2 aromatic rings. The zero-order chi connectivity index (χ0) is 24.5. The van der Waals surface area contributed by atoms with Crippen molar-refractivity contribution in [2.24, 2.45) is 0 Å². The predicted octanol–water partition coefficient (Wildman–Crippen LogP) is 5.17. The lowest BCUT2D eigenvalue weighted by molar-refractivity contribution is 0.169. The zero-order valence-corrected chi connectivity index (χ0v) is 20.6. The Bertz CT molecular complexity index is 1160. The monoisotopic (exact) mass is 482 g/mol. The number of carbonyl (C=O) groups is 1. The summed E-state index contributed by atoms with van der Waals surface area (Å²) in [5.41, 5.74) is 2.43. The second-order valence-corrected chi connectivity index (χ2v) is 10.2. The molecular formula is C27H42N6O2. The number of pyridine rings is 1. The van der Waals surface area contributed by atoms with Crippen molar-refractivity contribution in [3.63, 3.8) is 0 Å². The molecule has 1 aliphatic heterocycles. The summed E-state index contributed by atoms with van der Waals surface area (Å²) in [6, 6.07) is 12.4. The number of aromatic nitrogens is 1. The number of fused-ring (bicyclic) bond motifs is 1. The average Bonchev–Trinajstić information content (AvgIpc) is 3.65. The molecule has 1 saturated carbocycles. The molecule has 1 aromatic heterocycles. The maximum atomic E-state index is 12.4. The normalized spacial score (nSPS) is 25.9. The van der Waals surface area contributed by atoms with Gasteiger partial charge in [-0.2, -0.15) is 0 Å². The lowest BCUT2D eigenvalue weighted by Crippen LogP contribution is -2.51. The van der Waals surface area contributed by atoms with Gasteiger partial charge in [-0.15, -0.1) is 0 Å². The van der Waals surface area contributed by atoms with Crippen LogP contribution in [0.15, 0.2) is 42.6 Å². The van der Waals surface area contributed by atoms with E-state index in [0.29, 0.717) is 17.8 Å². The molecule has 35 heavy (non-hydrogen) atoms. The number of benzene rings is 1. The number of ether oxygens (including phenoxy) is 1. The average molecular weight is 483 g/mol. The molecule has 192 valence electrons. The minimum atomic E-state index is -0.150. The van der Waals surface area contributed by atoms with Crippen molar-refractivity contribution in [3.05, 3.63) is 59.2 Å². The van der Waals surface area contributed by atoms with Gasteiger partial charge in [-0.05, 0) is 82.1 Å². The molecule has 4 atom stereocenters. The van der Waals surface area contributed by atoms with Crippen LogP contribution in [0.1, 0.15) is 86.3 Å². The molecule has 1 aromatic carbocycles. The van der Waals surface area contributed by atoms with Crippen molar-refractivity contribution in [2.75, 3.05) is 0 Å². The maximum Gasteiger partial charge on any atom is 0.315 e. The van der Waals surface area contributed by atoms with Crippen LogP contribution in [0.3, 0.4) is 0 Å². The van der Waals surface area contributed by atoms with Gasteiger partial charge in [0.15, 0.2) is 0 Å². The van der Waals surface area contributed by atoms with E-state index in [1.54, 1.807) is 16.8 Å². The smallest absolute Gasteiger partial charge is 0.315 e. The molecule has 0 unspecified atom stereocenters. The summed E-state index contributed by atoms with van der Waals surface area (Å²) in [5.74, 6) is 0.968. The van der Waals surface area contributed by atoms with Crippen molar-refractivity contribution in [1.82, 2.24) is 20.1 Å². The lowest BCUT2D eigenvalue weighted by atomic mass is 9.85. The van der Waals surface area contributed by atoms with Gasteiger partial charge >= 0.3 is 6.03 Å². The van der Waals surface area contributed by atoms with Crippen molar-refractivity contribution in [1.29, 1.82) is 10.8 Å². The van der Waals surface area contributed by atoms with Crippen LogP contribution in [-0.4, -0.2) is 39.6 Å². The summed E-state index contributed by atoms with van der Waals surface area (Å²) in [6.07, 6.45) is 8.60. The fourth-order valence-corrected chi connectivity index (χ4v) is 5.49. The van der Waals surface area contributed by atoms with Gasteiger partial charge < -0.3 is 20.3 Å². The van der Waals surface area contributed by atoms with Gasteiger partial charge in [-0.3, -0.25) is 15.4 Å². The van der Waals surface area contributed by atoms with Crippen LogP contribution in [0.2, 0.25) is 0 Å². The minimum Gasteiger partial charge on any atom is -0.484 e. The molecule has 4 N–H and O–H groups in total. The van der Waals surface area contributed by atoms with E-state index in [9.17, 15) is 4.79 Å². The van der Waals surface area contributed by atoms with Crippen LogP contribution in [0.5, 0.6) is 5.75 Å². The Morgan fingerprint density at radius 2 is 1.69 bits per heavy atom. The first kappa shape index (κ1) is 23.5. The summed E-state index contributed by atoms with van der Waals surface area (Å²) in [7, 11) is 0. The van der Waals surface area contributed by atoms with E-state index in [2.05, 4.69) is 41.5 Å². The minimum absolute atomic E-state index is 0. The van der Waals surface area contributed by atoms with E-state index >= 15 is 0 Å². The fraction of sp³-hybridized carbons (Fsp3) is 0.519. The number of piperidine rings is 1. The molecule has 2 fully saturated rings. The molecule has 0 radical (unpaired) electrons. The Balaban J connectivity index is 0.00000169. The molecule has 1 saturated heterocycles. The zero-order valence-electron chi connectivity index (χ0n) is 20.6. The molecule has 8 nitrogen and oxygen atoms in total. The SMILES string of the molecule is C[C@@H]1CCC[C@H](C)N1C(=N)n1cc(O[C@@H]2CC[C@H](NC(=O)NC3CC3)c3ccccc32)ccc1=N.[HH].[HH].[HH]. The van der Waals surface area contributed by atoms with Gasteiger partial charge in [0.05, 0.1) is 12.2 Å². The second kappa shape index (κ2) is 9.76. The number of hydrogen-bond acceptors (Lipinski definition) is 4. The largest absolute Gasteiger partial charge is 0.484 e. The van der Waals surface area contributed by atoms with E-state index in [1.807, 2.05) is 18.2 Å². The Kier molecular flexibility index (Phi) is 6.54. The van der Waals surface area contributed by atoms with Gasteiger partial charge in [0.2, 0.25) is 5.96 Å². The van der Waals surface area contributed by atoms with E-state index in [0.717, 1.165) is 49.7 Å². The number of carbonyl (C=O) groups excluding carboxylic acids is 1. The third-order valence-electron chi connectivity index (χ3n) is 7.52. The quantitative estimate of drug-likeness (QED) is 0.357. The molecule has 2 heterocycles.